The summed E-state index contributed by atoms with van der Waals surface area (Å²) in [4.78, 5) is 27.0. The highest BCUT2D eigenvalue weighted by atomic mass is 16.5. The maximum absolute atomic E-state index is 13.2. The minimum absolute atomic E-state index is 0.148. The van der Waals surface area contributed by atoms with Crippen LogP contribution in [-0.4, -0.2) is 72.9 Å². The van der Waals surface area contributed by atoms with Crippen molar-refractivity contribution in [3.05, 3.63) is 12.1 Å². The molecule has 3 heterocycles. The predicted molar refractivity (Wildman–Crippen MR) is 121 cm³/mol. The van der Waals surface area contributed by atoms with E-state index in [1.165, 1.54) is 0 Å². The lowest BCUT2D eigenvalue weighted by molar-refractivity contribution is -0.145. The van der Waals surface area contributed by atoms with Gasteiger partial charge in [0.25, 0.3) is 5.91 Å². The fourth-order valence-electron chi connectivity index (χ4n) is 5.44. The number of nitrogens with zero attached hydrogens (tertiary/aromatic N) is 4. The summed E-state index contributed by atoms with van der Waals surface area (Å²) < 4.78 is 16.5. The number of aromatic nitrogens is 2. The van der Waals surface area contributed by atoms with Crippen LogP contribution in [0.4, 0.5) is 11.8 Å². The van der Waals surface area contributed by atoms with E-state index >= 15 is 0 Å². The normalized spacial score (nSPS) is 25.6. The van der Waals surface area contributed by atoms with Gasteiger partial charge in [0.05, 0.1) is 31.8 Å². The molecular formula is C23H31N5O4. The standard InChI is InChI=1S/C23H31N5O4/c1-30-19-12-14-15(13-20(19)31-2)25-23(26-21(14)24)28-10-9-27(16-6-3-4-7-17(16)28)22(29)18-8-5-11-32-18/h12-13,16-18H,3-11H2,1-2H3,(H2,24,25,26)/t16-,17+,18?/m0/s1. The van der Waals surface area contributed by atoms with Gasteiger partial charge in [-0.3, -0.25) is 4.79 Å². The highest BCUT2D eigenvalue weighted by Crippen LogP contribution is 2.37. The molecule has 2 aliphatic heterocycles. The number of methoxy groups -OCH3 is 2. The Morgan fingerprint density at radius 2 is 1.78 bits per heavy atom. The average molecular weight is 442 g/mol. The van der Waals surface area contributed by atoms with Crippen molar-refractivity contribution in [2.45, 2.75) is 56.7 Å². The maximum atomic E-state index is 13.2. The molecule has 1 saturated carbocycles. The molecule has 0 radical (unpaired) electrons. The SMILES string of the molecule is COc1cc2nc(N3CCN(C(=O)C4CCCO4)[C@H]4CCCC[C@H]43)nc(N)c2cc1OC. The van der Waals surface area contributed by atoms with Crippen LogP contribution in [0.25, 0.3) is 10.9 Å². The van der Waals surface area contributed by atoms with Gasteiger partial charge in [0, 0.05) is 31.1 Å². The van der Waals surface area contributed by atoms with Gasteiger partial charge in [0.1, 0.15) is 11.9 Å². The van der Waals surface area contributed by atoms with Gasteiger partial charge in [-0.05, 0) is 31.7 Å². The highest BCUT2D eigenvalue weighted by Gasteiger charge is 2.43. The van der Waals surface area contributed by atoms with Crippen LogP contribution in [-0.2, 0) is 9.53 Å². The number of anilines is 2. The number of carbonyl (C=O) groups is 1. The Hall–Kier alpha value is -2.81. The molecule has 5 rings (SSSR count). The number of carbonyl (C=O) groups excluding carboxylic acids is 1. The van der Waals surface area contributed by atoms with Crippen molar-refractivity contribution in [3.63, 3.8) is 0 Å². The summed E-state index contributed by atoms with van der Waals surface area (Å²) in [5.41, 5.74) is 7.07. The maximum Gasteiger partial charge on any atom is 0.252 e. The van der Waals surface area contributed by atoms with Crippen LogP contribution < -0.4 is 20.1 Å². The molecule has 0 spiro atoms. The zero-order valence-electron chi connectivity index (χ0n) is 18.7. The van der Waals surface area contributed by atoms with Gasteiger partial charge in [-0.1, -0.05) is 12.8 Å². The Balaban J connectivity index is 1.47. The van der Waals surface area contributed by atoms with Crippen molar-refractivity contribution in [1.29, 1.82) is 0 Å². The van der Waals surface area contributed by atoms with Crippen LogP contribution in [0.5, 0.6) is 11.5 Å². The first-order valence-corrected chi connectivity index (χ1v) is 11.5. The van der Waals surface area contributed by atoms with Crippen molar-refractivity contribution in [2.24, 2.45) is 0 Å². The fraction of sp³-hybridized carbons (Fsp3) is 0.609. The summed E-state index contributed by atoms with van der Waals surface area (Å²) >= 11 is 0. The number of amides is 1. The smallest absolute Gasteiger partial charge is 0.252 e. The number of piperazine rings is 1. The summed E-state index contributed by atoms with van der Waals surface area (Å²) in [6.45, 7) is 2.01. The third-order valence-corrected chi connectivity index (χ3v) is 7.04. The minimum Gasteiger partial charge on any atom is -0.493 e. The van der Waals surface area contributed by atoms with Crippen LogP contribution in [0.2, 0.25) is 0 Å². The Bertz CT molecular complexity index is 1010. The molecule has 2 saturated heterocycles. The van der Waals surface area contributed by atoms with E-state index in [2.05, 4.69) is 14.8 Å². The van der Waals surface area contributed by atoms with Crippen molar-refractivity contribution in [2.75, 3.05) is 44.5 Å². The van der Waals surface area contributed by atoms with Crippen LogP contribution in [0.1, 0.15) is 38.5 Å². The lowest BCUT2D eigenvalue weighted by Gasteiger charge is -2.50. The van der Waals surface area contributed by atoms with Gasteiger partial charge in [-0.25, -0.2) is 4.98 Å². The molecule has 3 aliphatic rings. The molecule has 1 aromatic carbocycles. The van der Waals surface area contributed by atoms with Gasteiger partial charge in [-0.2, -0.15) is 4.98 Å². The molecule has 3 fully saturated rings. The fourth-order valence-corrected chi connectivity index (χ4v) is 5.44. The lowest BCUT2D eigenvalue weighted by Crippen LogP contribution is -2.63. The van der Waals surface area contributed by atoms with Crippen molar-refractivity contribution in [3.8, 4) is 11.5 Å². The van der Waals surface area contributed by atoms with Crippen molar-refractivity contribution in [1.82, 2.24) is 14.9 Å². The average Bonchev–Trinajstić information content (AvgIpc) is 3.37. The monoisotopic (exact) mass is 441 g/mol. The largest absolute Gasteiger partial charge is 0.493 e. The topological polar surface area (TPSA) is 103 Å². The summed E-state index contributed by atoms with van der Waals surface area (Å²) in [6, 6.07) is 3.99. The Morgan fingerprint density at radius 3 is 2.50 bits per heavy atom. The van der Waals surface area contributed by atoms with E-state index in [-0.39, 0.29) is 24.1 Å². The van der Waals surface area contributed by atoms with Crippen LogP contribution in [0, 0.1) is 0 Å². The number of ether oxygens (including phenoxy) is 3. The third-order valence-electron chi connectivity index (χ3n) is 7.04. The van der Waals surface area contributed by atoms with E-state index < -0.39 is 0 Å². The number of nitrogen functional groups attached to an aromatic ring is 1. The molecule has 172 valence electrons. The van der Waals surface area contributed by atoms with E-state index in [0.29, 0.717) is 43.0 Å². The van der Waals surface area contributed by atoms with Gasteiger partial charge < -0.3 is 29.7 Å². The molecule has 1 aromatic heterocycles. The summed E-state index contributed by atoms with van der Waals surface area (Å²) in [6.07, 6.45) is 5.77. The van der Waals surface area contributed by atoms with Crippen LogP contribution in [0.15, 0.2) is 12.1 Å². The molecule has 1 unspecified atom stereocenters. The quantitative estimate of drug-likeness (QED) is 0.771. The molecule has 0 bridgehead atoms. The van der Waals surface area contributed by atoms with Gasteiger partial charge in [0.15, 0.2) is 11.5 Å². The summed E-state index contributed by atoms with van der Waals surface area (Å²) in [7, 11) is 3.20. The second-order valence-corrected chi connectivity index (χ2v) is 8.78. The molecule has 1 amide bonds. The van der Waals surface area contributed by atoms with Gasteiger partial charge in [-0.15, -0.1) is 0 Å². The number of hydrogen-bond donors (Lipinski definition) is 1. The lowest BCUT2D eigenvalue weighted by atomic mass is 9.86. The molecule has 1 aliphatic carbocycles. The Labute approximate surface area is 187 Å². The van der Waals surface area contributed by atoms with E-state index in [4.69, 9.17) is 24.9 Å². The molecule has 9 heteroatoms. The molecule has 3 atom stereocenters. The highest BCUT2D eigenvalue weighted by molar-refractivity contribution is 5.92. The van der Waals surface area contributed by atoms with Crippen LogP contribution in [0.3, 0.4) is 0 Å². The molecular weight excluding hydrogens is 410 g/mol. The molecule has 32 heavy (non-hydrogen) atoms. The molecule has 2 N–H and O–H groups in total. The number of hydrogen-bond acceptors (Lipinski definition) is 8. The van der Waals surface area contributed by atoms with Gasteiger partial charge in [0.2, 0.25) is 5.95 Å². The van der Waals surface area contributed by atoms with E-state index in [1.54, 1.807) is 14.2 Å². The second kappa shape index (κ2) is 8.61. The predicted octanol–water partition coefficient (Wildman–Crippen LogP) is 2.37. The minimum atomic E-state index is -0.279. The summed E-state index contributed by atoms with van der Waals surface area (Å²) in [5.74, 6) is 2.37. The van der Waals surface area contributed by atoms with E-state index in [9.17, 15) is 4.79 Å². The van der Waals surface area contributed by atoms with Crippen molar-refractivity contribution < 1.29 is 19.0 Å². The van der Waals surface area contributed by atoms with E-state index in [0.717, 1.165) is 49.4 Å². The van der Waals surface area contributed by atoms with Crippen molar-refractivity contribution >= 4 is 28.6 Å². The Kier molecular flexibility index (Phi) is 5.67. The summed E-state index contributed by atoms with van der Waals surface area (Å²) in [5, 5.41) is 0.735. The van der Waals surface area contributed by atoms with Gasteiger partial charge >= 0.3 is 0 Å². The molecule has 9 nitrogen and oxygen atoms in total. The second-order valence-electron chi connectivity index (χ2n) is 8.78. The molecule has 2 aromatic rings. The van der Waals surface area contributed by atoms with Crippen LogP contribution >= 0.6 is 0 Å². The zero-order valence-corrected chi connectivity index (χ0v) is 18.7. The first kappa shape index (κ1) is 21.1. The zero-order chi connectivity index (χ0) is 22.2. The Morgan fingerprint density at radius 1 is 1.03 bits per heavy atom. The first-order chi connectivity index (χ1) is 15.6. The van der Waals surface area contributed by atoms with E-state index in [1.807, 2.05) is 12.1 Å². The number of fused-ring (bicyclic) bond motifs is 2. The number of benzene rings is 1. The third kappa shape index (κ3) is 3.58. The number of rotatable bonds is 4. The first-order valence-electron chi connectivity index (χ1n) is 11.5. The number of nitrogens with two attached hydrogens (primary N) is 1.